The van der Waals surface area contributed by atoms with Gasteiger partial charge in [0.25, 0.3) is 5.97 Å². The molecule has 0 radical (unpaired) electrons. The van der Waals surface area contributed by atoms with Gasteiger partial charge in [-0.2, -0.15) is 0 Å². The van der Waals surface area contributed by atoms with Crippen molar-refractivity contribution >= 4 is 10.2 Å². The van der Waals surface area contributed by atoms with Crippen molar-refractivity contribution in [2.24, 2.45) is 0 Å². The van der Waals surface area contributed by atoms with Crippen LogP contribution in [0.25, 0.3) is 0 Å². The third kappa shape index (κ3) is 10.4. The number of hydrogen-bond donors (Lipinski definition) is 0. The molecule has 0 aliphatic carbocycles. The van der Waals surface area contributed by atoms with Gasteiger partial charge in [0.2, 0.25) is 0 Å². The molecule has 0 aliphatic rings. The summed E-state index contributed by atoms with van der Waals surface area (Å²) in [6, 6.07) is 0. The van der Waals surface area contributed by atoms with Gasteiger partial charge in [0.05, 0.1) is 0 Å². The summed E-state index contributed by atoms with van der Waals surface area (Å²) in [6.45, 7) is 10.7. The van der Waals surface area contributed by atoms with Crippen LogP contribution in [-0.2, 0) is 18.9 Å². The lowest BCUT2D eigenvalue weighted by atomic mass is 10.1. The fraction of sp³-hybridized carbons (Fsp3) is 1.00. The van der Waals surface area contributed by atoms with E-state index in [0.29, 0.717) is 25.5 Å². The maximum absolute atomic E-state index is 5.73. The molecular formula is C16H36O4Si. The molecule has 0 aromatic carbocycles. The van der Waals surface area contributed by atoms with Crippen molar-refractivity contribution in [3.63, 3.8) is 0 Å². The minimum atomic E-state index is -0.830. The van der Waals surface area contributed by atoms with Crippen LogP contribution in [0.3, 0.4) is 0 Å². The van der Waals surface area contributed by atoms with Crippen LogP contribution in [0.5, 0.6) is 0 Å². The Balaban J connectivity index is 3.91. The minimum absolute atomic E-state index is 0.518. The first kappa shape index (κ1) is 21.1. The summed E-state index contributed by atoms with van der Waals surface area (Å²) < 4.78 is 22.8. The van der Waals surface area contributed by atoms with Gasteiger partial charge in [-0.05, 0) is 40.5 Å². The van der Waals surface area contributed by atoms with Crippen molar-refractivity contribution in [1.29, 1.82) is 0 Å². The quantitative estimate of drug-likeness (QED) is 0.264. The van der Waals surface area contributed by atoms with Crippen molar-refractivity contribution < 1.29 is 18.9 Å². The fourth-order valence-corrected chi connectivity index (χ4v) is 3.24. The van der Waals surface area contributed by atoms with Crippen LogP contribution in [0.15, 0.2) is 0 Å². The second-order valence-electron chi connectivity index (χ2n) is 5.20. The van der Waals surface area contributed by atoms with Gasteiger partial charge < -0.3 is 18.9 Å². The molecule has 0 aromatic rings. The van der Waals surface area contributed by atoms with Crippen LogP contribution in [0, 0.1) is 0 Å². The summed E-state index contributed by atoms with van der Waals surface area (Å²) in [4.78, 5) is 0. The first-order valence-corrected chi connectivity index (χ1v) is 9.83. The second kappa shape index (κ2) is 13.7. The van der Waals surface area contributed by atoms with Gasteiger partial charge in [-0.1, -0.05) is 19.3 Å². The molecule has 5 heteroatoms. The molecule has 0 spiro atoms. The summed E-state index contributed by atoms with van der Waals surface area (Å²) in [5.41, 5.74) is 0.518. The van der Waals surface area contributed by atoms with Crippen LogP contribution in [-0.4, -0.2) is 48.4 Å². The van der Waals surface area contributed by atoms with E-state index in [0.717, 1.165) is 29.7 Å². The maximum atomic E-state index is 5.73. The normalized spacial score (nSPS) is 13.7. The van der Waals surface area contributed by atoms with Gasteiger partial charge in [-0.25, -0.2) is 0 Å². The highest BCUT2D eigenvalue weighted by Crippen LogP contribution is 2.24. The molecule has 0 bridgehead atoms. The zero-order chi connectivity index (χ0) is 16.0. The van der Waals surface area contributed by atoms with E-state index in [1.165, 1.54) is 25.7 Å². The van der Waals surface area contributed by atoms with Gasteiger partial charge in [-0.15, -0.1) is 0 Å². The van der Waals surface area contributed by atoms with E-state index in [1.807, 2.05) is 20.8 Å². The molecule has 0 aromatic heterocycles. The van der Waals surface area contributed by atoms with E-state index in [9.17, 15) is 0 Å². The predicted octanol–water partition coefficient (Wildman–Crippen LogP) is 2.82. The molecule has 0 aliphatic heterocycles. The Morgan fingerprint density at radius 2 is 1.29 bits per heavy atom. The molecular weight excluding hydrogens is 284 g/mol. The fourth-order valence-electron chi connectivity index (χ4n) is 2.50. The first-order chi connectivity index (χ1) is 10.1. The second-order valence-corrected chi connectivity index (χ2v) is 6.49. The zero-order valence-electron chi connectivity index (χ0n) is 14.8. The molecule has 0 heterocycles. The highest BCUT2D eigenvalue weighted by Gasteiger charge is 2.31. The van der Waals surface area contributed by atoms with Gasteiger partial charge in [0, 0.05) is 48.8 Å². The highest BCUT2D eigenvalue weighted by atomic mass is 28.1. The van der Waals surface area contributed by atoms with E-state index in [2.05, 4.69) is 6.92 Å². The number of rotatable bonds is 15. The van der Waals surface area contributed by atoms with Crippen LogP contribution in [0.1, 0.15) is 66.2 Å². The van der Waals surface area contributed by atoms with Gasteiger partial charge in [0.15, 0.2) is 0 Å². The molecule has 0 saturated heterocycles. The Bertz CT molecular complexity index is 209. The van der Waals surface area contributed by atoms with Crippen LogP contribution in [0.2, 0.25) is 0 Å². The SMILES string of the molecule is CCOC([SiH3])CCCCCCC(OCC)(OCC)OCC. The molecule has 0 amide bonds. The van der Waals surface area contributed by atoms with Gasteiger partial charge in [0.1, 0.15) is 0 Å². The summed E-state index contributed by atoms with van der Waals surface area (Å²) >= 11 is 0. The van der Waals surface area contributed by atoms with E-state index < -0.39 is 5.97 Å². The lowest BCUT2D eigenvalue weighted by Gasteiger charge is -2.32. The average Bonchev–Trinajstić information content (AvgIpc) is 2.44. The molecule has 1 unspecified atom stereocenters. The Morgan fingerprint density at radius 3 is 1.76 bits per heavy atom. The monoisotopic (exact) mass is 320 g/mol. The number of unbranched alkanes of at least 4 members (excludes halogenated alkanes) is 3. The highest BCUT2D eigenvalue weighted by molar-refractivity contribution is 6.10. The van der Waals surface area contributed by atoms with Crippen LogP contribution >= 0.6 is 0 Å². The lowest BCUT2D eigenvalue weighted by molar-refractivity contribution is -0.380. The molecule has 0 saturated carbocycles. The van der Waals surface area contributed by atoms with E-state index in [-0.39, 0.29) is 0 Å². The Labute approximate surface area is 134 Å². The summed E-state index contributed by atoms with van der Waals surface area (Å²) in [7, 11) is 1.13. The van der Waals surface area contributed by atoms with Gasteiger partial charge >= 0.3 is 0 Å². The van der Waals surface area contributed by atoms with Crippen molar-refractivity contribution in [2.45, 2.75) is 77.9 Å². The summed E-state index contributed by atoms with van der Waals surface area (Å²) in [6.07, 6.45) is 6.76. The minimum Gasteiger partial charge on any atom is -0.383 e. The third-order valence-electron chi connectivity index (χ3n) is 3.39. The smallest absolute Gasteiger partial charge is 0.282 e. The lowest BCUT2D eigenvalue weighted by Crippen LogP contribution is -2.39. The Kier molecular flexibility index (Phi) is 13.7. The first-order valence-electron chi connectivity index (χ1n) is 8.67. The van der Waals surface area contributed by atoms with Gasteiger partial charge in [-0.3, -0.25) is 0 Å². The number of hydrogen-bond acceptors (Lipinski definition) is 4. The molecule has 4 nitrogen and oxygen atoms in total. The van der Waals surface area contributed by atoms with Crippen LogP contribution < -0.4 is 0 Å². The number of ether oxygens (including phenoxy) is 4. The van der Waals surface area contributed by atoms with E-state index >= 15 is 0 Å². The third-order valence-corrected chi connectivity index (χ3v) is 4.30. The zero-order valence-corrected chi connectivity index (χ0v) is 16.8. The Morgan fingerprint density at radius 1 is 0.762 bits per heavy atom. The van der Waals surface area contributed by atoms with Crippen LogP contribution in [0.4, 0.5) is 0 Å². The Hall–Kier alpha value is 0.0569. The van der Waals surface area contributed by atoms with E-state index in [1.54, 1.807) is 0 Å². The summed E-state index contributed by atoms with van der Waals surface area (Å²) in [5.74, 6) is -0.830. The molecule has 0 fully saturated rings. The average molecular weight is 321 g/mol. The standard InChI is InChI=1S/C16H36O4Si/c1-5-17-15(21)13-11-9-10-12-14-16(18-6-2,19-7-3)20-8-4/h15H,5-14H2,1-4,21H3. The maximum Gasteiger partial charge on any atom is 0.282 e. The van der Waals surface area contributed by atoms with Crippen molar-refractivity contribution in [3.05, 3.63) is 0 Å². The van der Waals surface area contributed by atoms with Crippen molar-refractivity contribution in [2.75, 3.05) is 26.4 Å². The molecule has 21 heavy (non-hydrogen) atoms. The topological polar surface area (TPSA) is 36.9 Å². The largest absolute Gasteiger partial charge is 0.383 e. The van der Waals surface area contributed by atoms with Crippen molar-refractivity contribution in [1.82, 2.24) is 0 Å². The molecule has 0 rings (SSSR count). The summed E-state index contributed by atoms with van der Waals surface area (Å²) in [5, 5.41) is 0. The molecule has 1 atom stereocenters. The molecule has 128 valence electrons. The predicted molar refractivity (Wildman–Crippen MR) is 90.7 cm³/mol. The molecule has 0 N–H and O–H groups in total. The van der Waals surface area contributed by atoms with Crippen molar-refractivity contribution in [3.8, 4) is 0 Å². The van der Waals surface area contributed by atoms with E-state index in [4.69, 9.17) is 18.9 Å².